The fourth-order valence-corrected chi connectivity index (χ4v) is 2.44. The number of pyridine rings is 1. The van der Waals surface area contributed by atoms with Crippen molar-refractivity contribution in [3.05, 3.63) is 72.1 Å². The minimum atomic E-state index is -0.0219. The van der Waals surface area contributed by atoms with Crippen molar-refractivity contribution in [2.24, 2.45) is 0 Å². The van der Waals surface area contributed by atoms with Gasteiger partial charge in [-0.05, 0) is 34.5 Å². The summed E-state index contributed by atoms with van der Waals surface area (Å²) in [6, 6.07) is 15.9. The molecule has 3 rings (SSSR count). The Morgan fingerprint density at radius 2 is 1.76 bits per heavy atom. The lowest BCUT2D eigenvalue weighted by Crippen LogP contribution is -2.04. The summed E-state index contributed by atoms with van der Waals surface area (Å²) in [5, 5.41) is 11.8. The first kappa shape index (κ1) is 13.6. The standard InChI is InChI=1S/C18H17NO2/c20-13-17-16-4-2-1-3-15(16)5-6-18(17)21-12-9-14-7-10-19-11-8-14/h1-8,10-11,20H,9,12-13H2. The number of rotatable bonds is 5. The molecule has 0 aliphatic rings. The number of benzene rings is 2. The van der Waals surface area contributed by atoms with Crippen LogP contribution in [0.5, 0.6) is 5.75 Å². The highest BCUT2D eigenvalue weighted by Gasteiger charge is 2.07. The van der Waals surface area contributed by atoms with Gasteiger partial charge >= 0.3 is 0 Å². The molecule has 0 spiro atoms. The van der Waals surface area contributed by atoms with E-state index in [9.17, 15) is 5.11 Å². The SMILES string of the molecule is OCc1c(OCCc2ccncc2)ccc2ccccc12. The van der Waals surface area contributed by atoms with E-state index in [0.717, 1.165) is 28.5 Å². The molecule has 0 amide bonds. The van der Waals surface area contributed by atoms with Crippen molar-refractivity contribution in [3.63, 3.8) is 0 Å². The summed E-state index contributed by atoms with van der Waals surface area (Å²) >= 11 is 0. The highest BCUT2D eigenvalue weighted by molar-refractivity contribution is 5.87. The van der Waals surface area contributed by atoms with Gasteiger partial charge in [-0.25, -0.2) is 0 Å². The number of hydrogen-bond donors (Lipinski definition) is 1. The van der Waals surface area contributed by atoms with Crippen molar-refractivity contribution in [2.75, 3.05) is 6.61 Å². The van der Waals surface area contributed by atoms with Gasteiger partial charge in [0.05, 0.1) is 13.2 Å². The Morgan fingerprint density at radius 3 is 2.57 bits per heavy atom. The zero-order valence-electron chi connectivity index (χ0n) is 11.7. The lowest BCUT2D eigenvalue weighted by atomic mass is 10.0. The molecule has 0 aliphatic heterocycles. The van der Waals surface area contributed by atoms with Crippen LogP contribution in [0.4, 0.5) is 0 Å². The molecule has 3 heteroatoms. The van der Waals surface area contributed by atoms with Crippen molar-refractivity contribution in [1.29, 1.82) is 0 Å². The molecule has 0 bridgehead atoms. The maximum atomic E-state index is 9.64. The normalized spacial score (nSPS) is 10.7. The lowest BCUT2D eigenvalue weighted by Gasteiger charge is -2.12. The van der Waals surface area contributed by atoms with Crippen molar-refractivity contribution in [2.45, 2.75) is 13.0 Å². The predicted molar refractivity (Wildman–Crippen MR) is 83.3 cm³/mol. The minimum absolute atomic E-state index is 0.0219. The zero-order chi connectivity index (χ0) is 14.5. The Labute approximate surface area is 123 Å². The van der Waals surface area contributed by atoms with Gasteiger partial charge in [-0.15, -0.1) is 0 Å². The van der Waals surface area contributed by atoms with Crippen LogP contribution in [0, 0.1) is 0 Å². The molecule has 0 unspecified atom stereocenters. The summed E-state index contributed by atoms with van der Waals surface area (Å²) in [7, 11) is 0. The molecule has 2 aromatic carbocycles. The van der Waals surface area contributed by atoms with Crippen LogP contribution >= 0.6 is 0 Å². The van der Waals surface area contributed by atoms with Crippen LogP contribution in [0.2, 0.25) is 0 Å². The maximum absolute atomic E-state index is 9.64. The largest absolute Gasteiger partial charge is 0.493 e. The molecule has 3 aromatic rings. The summed E-state index contributed by atoms with van der Waals surface area (Å²) in [6.45, 7) is 0.557. The molecule has 0 fully saturated rings. The summed E-state index contributed by atoms with van der Waals surface area (Å²) in [4.78, 5) is 4.00. The van der Waals surface area contributed by atoms with Gasteiger partial charge in [-0.2, -0.15) is 0 Å². The predicted octanol–water partition coefficient (Wildman–Crippen LogP) is 3.35. The van der Waals surface area contributed by atoms with E-state index in [1.807, 2.05) is 48.5 Å². The molecule has 106 valence electrons. The summed E-state index contributed by atoms with van der Waals surface area (Å²) in [5.74, 6) is 0.755. The highest BCUT2D eigenvalue weighted by atomic mass is 16.5. The molecule has 21 heavy (non-hydrogen) atoms. The van der Waals surface area contributed by atoms with Crippen LogP contribution in [0.3, 0.4) is 0 Å². The number of ether oxygens (including phenoxy) is 1. The number of aromatic nitrogens is 1. The molecule has 0 saturated carbocycles. The van der Waals surface area contributed by atoms with Crippen LogP contribution in [-0.2, 0) is 13.0 Å². The second kappa shape index (κ2) is 6.37. The van der Waals surface area contributed by atoms with Gasteiger partial charge in [0.15, 0.2) is 0 Å². The average Bonchev–Trinajstić information content (AvgIpc) is 2.55. The van der Waals surface area contributed by atoms with Crippen molar-refractivity contribution in [3.8, 4) is 5.75 Å². The molecule has 1 aromatic heterocycles. The van der Waals surface area contributed by atoms with Gasteiger partial charge in [0, 0.05) is 24.4 Å². The van der Waals surface area contributed by atoms with Crippen LogP contribution in [0.1, 0.15) is 11.1 Å². The smallest absolute Gasteiger partial charge is 0.125 e. The van der Waals surface area contributed by atoms with Crippen molar-refractivity contribution >= 4 is 10.8 Å². The van der Waals surface area contributed by atoms with Crippen LogP contribution in [-0.4, -0.2) is 16.7 Å². The molecule has 3 nitrogen and oxygen atoms in total. The fourth-order valence-electron chi connectivity index (χ4n) is 2.44. The topological polar surface area (TPSA) is 42.4 Å². The first-order valence-electron chi connectivity index (χ1n) is 7.01. The number of nitrogens with zero attached hydrogens (tertiary/aromatic N) is 1. The molecule has 0 atom stereocenters. The minimum Gasteiger partial charge on any atom is -0.493 e. The lowest BCUT2D eigenvalue weighted by molar-refractivity contribution is 0.265. The Hall–Kier alpha value is -2.39. The van der Waals surface area contributed by atoms with Crippen molar-refractivity contribution in [1.82, 2.24) is 4.98 Å². The Kier molecular flexibility index (Phi) is 4.12. The van der Waals surface area contributed by atoms with E-state index in [0.29, 0.717) is 6.61 Å². The van der Waals surface area contributed by atoms with E-state index < -0.39 is 0 Å². The fraction of sp³-hybridized carbons (Fsp3) is 0.167. The van der Waals surface area contributed by atoms with E-state index in [2.05, 4.69) is 4.98 Å². The highest BCUT2D eigenvalue weighted by Crippen LogP contribution is 2.28. The van der Waals surface area contributed by atoms with E-state index in [1.54, 1.807) is 12.4 Å². The van der Waals surface area contributed by atoms with Crippen molar-refractivity contribution < 1.29 is 9.84 Å². The van der Waals surface area contributed by atoms with E-state index in [1.165, 1.54) is 5.56 Å². The summed E-state index contributed by atoms with van der Waals surface area (Å²) < 4.78 is 5.86. The zero-order valence-corrected chi connectivity index (χ0v) is 11.7. The molecule has 0 aliphatic carbocycles. The van der Waals surface area contributed by atoms with E-state index in [-0.39, 0.29) is 6.61 Å². The molecular weight excluding hydrogens is 262 g/mol. The first-order chi connectivity index (χ1) is 10.4. The summed E-state index contributed by atoms with van der Waals surface area (Å²) in [6.07, 6.45) is 4.38. The molecule has 0 radical (unpaired) electrons. The van der Waals surface area contributed by atoms with Gasteiger partial charge in [0.1, 0.15) is 5.75 Å². The molecule has 0 saturated heterocycles. The number of aliphatic hydroxyl groups is 1. The third kappa shape index (κ3) is 3.03. The van der Waals surface area contributed by atoms with Gasteiger partial charge < -0.3 is 9.84 Å². The van der Waals surface area contributed by atoms with Gasteiger partial charge in [0.2, 0.25) is 0 Å². The number of fused-ring (bicyclic) bond motifs is 1. The van der Waals surface area contributed by atoms with Crippen LogP contribution < -0.4 is 4.74 Å². The Morgan fingerprint density at radius 1 is 0.952 bits per heavy atom. The van der Waals surface area contributed by atoms with Gasteiger partial charge in [-0.3, -0.25) is 4.98 Å². The Balaban J connectivity index is 1.77. The third-order valence-electron chi connectivity index (χ3n) is 3.55. The van der Waals surface area contributed by atoms with Crippen LogP contribution in [0.15, 0.2) is 60.9 Å². The van der Waals surface area contributed by atoms with Gasteiger partial charge in [-0.1, -0.05) is 30.3 Å². The number of aliphatic hydroxyl groups excluding tert-OH is 1. The maximum Gasteiger partial charge on any atom is 0.125 e. The third-order valence-corrected chi connectivity index (χ3v) is 3.55. The monoisotopic (exact) mass is 279 g/mol. The Bertz CT molecular complexity index is 726. The quantitative estimate of drug-likeness (QED) is 0.779. The average molecular weight is 279 g/mol. The van der Waals surface area contributed by atoms with E-state index >= 15 is 0 Å². The number of hydrogen-bond acceptors (Lipinski definition) is 3. The van der Waals surface area contributed by atoms with Crippen LogP contribution in [0.25, 0.3) is 10.8 Å². The second-order valence-corrected chi connectivity index (χ2v) is 4.88. The molecule has 1 N–H and O–H groups in total. The second-order valence-electron chi connectivity index (χ2n) is 4.88. The first-order valence-corrected chi connectivity index (χ1v) is 7.01. The molecule has 1 heterocycles. The van der Waals surface area contributed by atoms with E-state index in [4.69, 9.17) is 4.74 Å². The summed E-state index contributed by atoms with van der Waals surface area (Å²) in [5.41, 5.74) is 2.04. The van der Waals surface area contributed by atoms with Gasteiger partial charge in [0.25, 0.3) is 0 Å². The molecular formula is C18H17NO2.